The highest BCUT2D eigenvalue weighted by Crippen LogP contribution is 2.42. The lowest BCUT2D eigenvalue weighted by Gasteiger charge is -2.38. The van der Waals surface area contributed by atoms with Gasteiger partial charge in [-0.3, -0.25) is 0 Å². The summed E-state index contributed by atoms with van der Waals surface area (Å²) in [4.78, 5) is 2.66. The Hall–Kier alpha value is -1.02. The second-order valence-electron chi connectivity index (χ2n) is 6.94. The van der Waals surface area contributed by atoms with Crippen molar-refractivity contribution in [1.29, 1.82) is 0 Å². The van der Waals surface area contributed by atoms with Crippen molar-refractivity contribution >= 4 is 5.69 Å². The predicted molar refractivity (Wildman–Crippen MR) is 86.1 cm³/mol. The molecule has 0 radical (unpaired) electrons. The normalized spacial score (nSPS) is 27.9. The molecule has 110 valence electrons. The monoisotopic (exact) mass is 272 g/mol. The molecule has 0 saturated heterocycles. The van der Waals surface area contributed by atoms with Crippen LogP contribution in [0.15, 0.2) is 24.3 Å². The summed E-state index contributed by atoms with van der Waals surface area (Å²) in [6.07, 6.45) is 5.33. The lowest BCUT2D eigenvalue weighted by Crippen LogP contribution is -2.53. The van der Waals surface area contributed by atoms with E-state index in [2.05, 4.69) is 55.3 Å². The molecule has 1 aliphatic carbocycles. The minimum absolute atomic E-state index is 0.279. The first-order valence-corrected chi connectivity index (χ1v) is 8.23. The Bertz CT molecular complexity index is 466. The molecule has 1 aliphatic heterocycles. The third kappa shape index (κ3) is 2.58. The van der Waals surface area contributed by atoms with E-state index < -0.39 is 0 Å². The summed E-state index contributed by atoms with van der Waals surface area (Å²) >= 11 is 0. The van der Waals surface area contributed by atoms with Crippen molar-refractivity contribution in [2.45, 2.75) is 64.6 Å². The number of para-hydroxylation sites is 1. The SMILES string of the molecule is CCCC(C)N1CC(C)(C2CC2)NCc2ccccc21. The molecule has 0 bridgehead atoms. The molecule has 2 aliphatic rings. The van der Waals surface area contributed by atoms with Crippen molar-refractivity contribution in [1.82, 2.24) is 5.32 Å². The summed E-state index contributed by atoms with van der Waals surface area (Å²) in [7, 11) is 0. The fourth-order valence-corrected chi connectivity index (χ4v) is 3.69. The summed E-state index contributed by atoms with van der Waals surface area (Å²) in [5.74, 6) is 0.869. The number of rotatable bonds is 4. The molecule has 1 aromatic rings. The molecule has 1 fully saturated rings. The summed E-state index contributed by atoms with van der Waals surface area (Å²) in [6, 6.07) is 9.57. The molecule has 2 heteroatoms. The van der Waals surface area contributed by atoms with Crippen LogP contribution >= 0.6 is 0 Å². The molecule has 0 spiro atoms. The lowest BCUT2D eigenvalue weighted by molar-refractivity contribution is 0.309. The number of fused-ring (bicyclic) bond motifs is 1. The zero-order valence-electron chi connectivity index (χ0n) is 13.2. The Balaban J connectivity index is 1.93. The Morgan fingerprint density at radius 1 is 1.35 bits per heavy atom. The Morgan fingerprint density at radius 3 is 2.80 bits per heavy atom. The molecule has 0 amide bonds. The van der Waals surface area contributed by atoms with Gasteiger partial charge in [-0.25, -0.2) is 0 Å². The van der Waals surface area contributed by atoms with E-state index in [0.717, 1.165) is 19.0 Å². The predicted octanol–water partition coefficient (Wildman–Crippen LogP) is 3.95. The van der Waals surface area contributed by atoms with Crippen LogP contribution in [0.1, 0.15) is 52.0 Å². The van der Waals surface area contributed by atoms with Gasteiger partial charge in [0.2, 0.25) is 0 Å². The van der Waals surface area contributed by atoms with Crippen molar-refractivity contribution in [3.05, 3.63) is 29.8 Å². The van der Waals surface area contributed by atoms with E-state index in [1.165, 1.54) is 36.9 Å². The molecule has 20 heavy (non-hydrogen) atoms. The standard InChI is InChI=1S/C18H28N2/c1-4-7-14(2)20-13-18(3,16-10-11-16)19-12-15-8-5-6-9-17(15)20/h5-6,8-9,14,16,19H,4,7,10-13H2,1-3H3. The summed E-state index contributed by atoms with van der Waals surface area (Å²) in [5.41, 5.74) is 3.19. The van der Waals surface area contributed by atoms with Gasteiger partial charge in [0.15, 0.2) is 0 Å². The fraction of sp³-hybridized carbons (Fsp3) is 0.667. The average molecular weight is 272 g/mol. The molecular formula is C18H28N2. The summed E-state index contributed by atoms with van der Waals surface area (Å²) < 4.78 is 0. The molecule has 2 unspecified atom stereocenters. The van der Waals surface area contributed by atoms with Crippen LogP contribution in [0.4, 0.5) is 5.69 Å². The zero-order valence-corrected chi connectivity index (χ0v) is 13.2. The van der Waals surface area contributed by atoms with E-state index in [1.54, 1.807) is 0 Å². The van der Waals surface area contributed by atoms with Crippen LogP contribution < -0.4 is 10.2 Å². The second kappa shape index (κ2) is 5.40. The second-order valence-corrected chi connectivity index (χ2v) is 6.94. The molecule has 0 aromatic heterocycles. The van der Waals surface area contributed by atoms with Gasteiger partial charge in [-0.2, -0.15) is 0 Å². The highest BCUT2D eigenvalue weighted by atomic mass is 15.2. The first-order valence-electron chi connectivity index (χ1n) is 8.23. The average Bonchev–Trinajstić information content (AvgIpc) is 3.27. The quantitative estimate of drug-likeness (QED) is 0.892. The molecule has 3 rings (SSSR count). The maximum Gasteiger partial charge on any atom is 0.0414 e. The van der Waals surface area contributed by atoms with Gasteiger partial charge in [0.1, 0.15) is 0 Å². The molecule has 1 saturated carbocycles. The largest absolute Gasteiger partial charge is 0.367 e. The fourth-order valence-electron chi connectivity index (χ4n) is 3.69. The smallest absolute Gasteiger partial charge is 0.0414 e. The van der Waals surface area contributed by atoms with Gasteiger partial charge in [-0.05, 0) is 50.7 Å². The molecule has 2 atom stereocenters. The van der Waals surface area contributed by atoms with Crippen LogP contribution in [-0.4, -0.2) is 18.1 Å². The lowest BCUT2D eigenvalue weighted by atomic mass is 9.94. The van der Waals surface area contributed by atoms with E-state index in [1.807, 2.05) is 0 Å². The van der Waals surface area contributed by atoms with Crippen LogP contribution in [0.5, 0.6) is 0 Å². The van der Waals surface area contributed by atoms with Crippen LogP contribution in [0, 0.1) is 5.92 Å². The molecule has 2 nitrogen and oxygen atoms in total. The first kappa shape index (κ1) is 13.9. The van der Waals surface area contributed by atoms with Gasteiger partial charge in [0, 0.05) is 30.4 Å². The van der Waals surface area contributed by atoms with Gasteiger partial charge in [-0.1, -0.05) is 31.5 Å². The number of hydrogen-bond donors (Lipinski definition) is 1. The van der Waals surface area contributed by atoms with Gasteiger partial charge >= 0.3 is 0 Å². The number of nitrogens with one attached hydrogen (secondary N) is 1. The minimum atomic E-state index is 0.279. The molecule has 1 heterocycles. The van der Waals surface area contributed by atoms with Crippen molar-refractivity contribution in [3.8, 4) is 0 Å². The number of nitrogens with zero attached hydrogens (tertiary/aromatic N) is 1. The molecular weight excluding hydrogens is 244 g/mol. The highest BCUT2D eigenvalue weighted by Gasteiger charge is 2.44. The summed E-state index contributed by atoms with van der Waals surface area (Å²) in [6.45, 7) is 9.27. The van der Waals surface area contributed by atoms with E-state index in [4.69, 9.17) is 0 Å². The maximum absolute atomic E-state index is 3.86. The van der Waals surface area contributed by atoms with E-state index >= 15 is 0 Å². The van der Waals surface area contributed by atoms with E-state index in [0.29, 0.717) is 6.04 Å². The highest BCUT2D eigenvalue weighted by molar-refractivity contribution is 5.56. The number of hydrogen-bond acceptors (Lipinski definition) is 2. The third-order valence-electron chi connectivity index (χ3n) is 5.20. The minimum Gasteiger partial charge on any atom is -0.367 e. The van der Waals surface area contributed by atoms with Crippen LogP contribution in [0.2, 0.25) is 0 Å². The van der Waals surface area contributed by atoms with Crippen molar-refractivity contribution < 1.29 is 0 Å². The first-order chi connectivity index (χ1) is 9.64. The van der Waals surface area contributed by atoms with Crippen molar-refractivity contribution in [2.24, 2.45) is 5.92 Å². The van der Waals surface area contributed by atoms with Crippen molar-refractivity contribution in [3.63, 3.8) is 0 Å². The van der Waals surface area contributed by atoms with Gasteiger partial charge < -0.3 is 10.2 Å². The topological polar surface area (TPSA) is 15.3 Å². The van der Waals surface area contributed by atoms with Gasteiger partial charge in [-0.15, -0.1) is 0 Å². The van der Waals surface area contributed by atoms with E-state index in [-0.39, 0.29) is 5.54 Å². The van der Waals surface area contributed by atoms with Crippen LogP contribution in [0.3, 0.4) is 0 Å². The van der Waals surface area contributed by atoms with Crippen LogP contribution in [0.25, 0.3) is 0 Å². The van der Waals surface area contributed by atoms with Crippen LogP contribution in [-0.2, 0) is 6.54 Å². The van der Waals surface area contributed by atoms with Gasteiger partial charge in [0.05, 0.1) is 0 Å². The van der Waals surface area contributed by atoms with E-state index in [9.17, 15) is 0 Å². The molecule has 1 N–H and O–H groups in total. The Kier molecular flexibility index (Phi) is 3.76. The Morgan fingerprint density at radius 2 is 2.10 bits per heavy atom. The maximum atomic E-state index is 3.86. The molecule has 1 aromatic carbocycles. The Labute approximate surface area is 123 Å². The van der Waals surface area contributed by atoms with Gasteiger partial charge in [0.25, 0.3) is 0 Å². The number of benzene rings is 1. The van der Waals surface area contributed by atoms with Crippen molar-refractivity contribution in [2.75, 3.05) is 11.4 Å². The zero-order chi connectivity index (χ0) is 14.2. The number of anilines is 1. The summed E-state index contributed by atoms with van der Waals surface area (Å²) in [5, 5.41) is 3.86. The third-order valence-corrected chi connectivity index (χ3v) is 5.20.